The van der Waals surface area contributed by atoms with Crippen molar-refractivity contribution in [1.82, 2.24) is 4.90 Å². The highest BCUT2D eigenvalue weighted by Gasteiger charge is 2.10. The average Bonchev–Trinajstić information content (AvgIpc) is 2.45. The van der Waals surface area contributed by atoms with Crippen molar-refractivity contribution in [3.8, 4) is 5.75 Å². The van der Waals surface area contributed by atoms with Crippen LogP contribution in [0.25, 0.3) is 0 Å². The van der Waals surface area contributed by atoms with E-state index in [4.69, 9.17) is 10.5 Å². The van der Waals surface area contributed by atoms with E-state index in [0.717, 1.165) is 0 Å². The molecule has 1 unspecified atom stereocenters. The Morgan fingerprint density at radius 1 is 1.29 bits per heavy atom. The number of carbonyl (C=O) groups excluding carboxylic acids is 2. The van der Waals surface area contributed by atoms with Gasteiger partial charge >= 0.3 is 0 Å². The van der Waals surface area contributed by atoms with E-state index in [-0.39, 0.29) is 36.7 Å². The van der Waals surface area contributed by atoms with Crippen molar-refractivity contribution in [1.29, 1.82) is 0 Å². The zero-order valence-corrected chi connectivity index (χ0v) is 13.3. The molecule has 0 aliphatic rings. The molecule has 2 amide bonds. The summed E-state index contributed by atoms with van der Waals surface area (Å²) in [4.78, 5) is 24.5. The topological polar surface area (TPSA) is 84.7 Å². The van der Waals surface area contributed by atoms with Crippen LogP contribution < -0.4 is 15.8 Å². The Morgan fingerprint density at radius 2 is 1.86 bits per heavy atom. The van der Waals surface area contributed by atoms with Gasteiger partial charge in [0.2, 0.25) is 5.91 Å². The van der Waals surface area contributed by atoms with Gasteiger partial charge in [-0.2, -0.15) is 0 Å². The molecule has 1 atom stereocenters. The predicted molar refractivity (Wildman–Crippen MR) is 84.7 cm³/mol. The summed E-state index contributed by atoms with van der Waals surface area (Å²) in [5, 5.41) is 2.75. The van der Waals surface area contributed by atoms with Gasteiger partial charge in [0.25, 0.3) is 5.91 Å². The lowest BCUT2D eigenvalue weighted by Gasteiger charge is -2.12. The SMILES string of the molecule is CC(CN)C(=O)Nc1ccc(OCC(=O)N(C)C)cc1.Cl. The zero-order chi connectivity index (χ0) is 15.1. The molecule has 3 N–H and O–H groups in total. The molecular formula is C14H22ClN3O3. The Kier molecular flexibility index (Phi) is 8.42. The Labute approximate surface area is 131 Å². The number of nitrogens with zero attached hydrogens (tertiary/aromatic N) is 1. The lowest BCUT2D eigenvalue weighted by Crippen LogP contribution is -2.27. The van der Waals surface area contributed by atoms with E-state index in [9.17, 15) is 9.59 Å². The van der Waals surface area contributed by atoms with Crippen LogP contribution in [-0.4, -0.2) is 44.0 Å². The molecule has 0 bridgehead atoms. The number of anilines is 1. The van der Waals surface area contributed by atoms with Crippen molar-refractivity contribution in [3.63, 3.8) is 0 Å². The highest BCUT2D eigenvalue weighted by Crippen LogP contribution is 2.16. The minimum absolute atomic E-state index is 0. The highest BCUT2D eigenvalue weighted by molar-refractivity contribution is 5.92. The minimum atomic E-state index is -0.233. The van der Waals surface area contributed by atoms with E-state index in [2.05, 4.69) is 5.32 Å². The number of hydrogen-bond donors (Lipinski definition) is 2. The predicted octanol–water partition coefficient (Wildman–Crippen LogP) is 1.11. The molecule has 7 heteroatoms. The number of halogens is 1. The fourth-order valence-corrected chi connectivity index (χ4v) is 1.28. The highest BCUT2D eigenvalue weighted by atomic mass is 35.5. The molecule has 0 aromatic heterocycles. The van der Waals surface area contributed by atoms with Gasteiger partial charge in [0.1, 0.15) is 5.75 Å². The van der Waals surface area contributed by atoms with Gasteiger partial charge in [0, 0.05) is 32.2 Å². The first kappa shape index (κ1) is 19.2. The van der Waals surface area contributed by atoms with Crippen LogP contribution in [0.5, 0.6) is 5.75 Å². The van der Waals surface area contributed by atoms with Crippen LogP contribution in [0, 0.1) is 5.92 Å². The standard InChI is InChI=1S/C14H21N3O3.ClH/c1-10(8-15)14(19)16-11-4-6-12(7-5-11)20-9-13(18)17(2)3;/h4-7,10H,8-9,15H2,1-3H3,(H,16,19);1H. The first-order valence-corrected chi connectivity index (χ1v) is 6.38. The number of amides is 2. The van der Waals surface area contributed by atoms with Crippen molar-refractivity contribution < 1.29 is 14.3 Å². The molecule has 1 aromatic carbocycles. The molecule has 118 valence electrons. The van der Waals surface area contributed by atoms with Gasteiger partial charge in [-0.1, -0.05) is 6.92 Å². The van der Waals surface area contributed by atoms with Crippen LogP contribution in [0.1, 0.15) is 6.92 Å². The maximum atomic E-state index is 11.6. The molecule has 0 aliphatic heterocycles. The van der Waals surface area contributed by atoms with E-state index < -0.39 is 0 Å². The first-order chi connectivity index (χ1) is 9.43. The molecule has 0 aliphatic carbocycles. The average molecular weight is 316 g/mol. The van der Waals surface area contributed by atoms with E-state index in [0.29, 0.717) is 18.0 Å². The number of likely N-dealkylation sites (N-methyl/N-ethyl adjacent to an activating group) is 1. The summed E-state index contributed by atoms with van der Waals surface area (Å²) in [6, 6.07) is 6.84. The molecule has 0 radical (unpaired) electrons. The smallest absolute Gasteiger partial charge is 0.259 e. The molecule has 0 fully saturated rings. The Bertz CT molecular complexity index is 463. The van der Waals surface area contributed by atoms with Crippen LogP contribution in [0.4, 0.5) is 5.69 Å². The fourth-order valence-electron chi connectivity index (χ4n) is 1.28. The van der Waals surface area contributed by atoms with Crippen molar-refractivity contribution >= 4 is 29.9 Å². The molecule has 21 heavy (non-hydrogen) atoms. The molecule has 1 aromatic rings. The fraction of sp³-hybridized carbons (Fsp3) is 0.429. The third-order valence-corrected chi connectivity index (χ3v) is 2.78. The van der Waals surface area contributed by atoms with Crippen LogP contribution in [0.3, 0.4) is 0 Å². The summed E-state index contributed by atoms with van der Waals surface area (Å²) in [5.74, 6) is 0.108. The molecule has 0 heterocycles. The number of hydrogen-bond acceptors (Lipinski definition) is 4. The van der Waals surface area contributed by atoms with Gasteiger partial charge in [0.15, 0.2) is 6.61 Å². The Balaban J connectivity index is 0.00000400. The van der Waals surface area contributed by atoms with Gasteiger partial charge in [-0.15, -0.1) is 12.4 Å². The quantitative estimate of drug-likeness (QED) is 0.823. The van der Waals surface area contributed by atoms with E-state index in [1.165, 1.54) is 4.90 Å². The zero-order valence-electron chi connectivity index (χ0n) is 12.5. The third kappa shape index (κ3) is 6.46. The van der Waals surface area contributed by atoms with Crippen molar-refractivity contribution in [2.24, 2.45) is 11.7 Å². The molecule has 1 rings (SSSR count). The maximum Gasteiger partial charge on any atom is 0.259 e. The number of rotatable bonds is 6. The van der Waals surface area contributed by atoms with Crippen LogP contribution in [0.2, 0.25) is 0 Å². The maximum absolute atomic E-state index is 11.6. The second-order valence-corrected chi connectivity index (χ2v) is 4.73. The Hall–Kier alpha value is -1.79. The minimum Gasteiger partial charge on any atom is -0.484 e. The van der Waals surface area contributed by atoms with Gasteiger partial charge in [0.05, 0.1) is 0 Å². The summed E-state index contributed by atoms with van der Waals surface area (Å²) in [6.07, 6.45) is 0. The molecule has 0 spiro atoms. The molecule has 0 saturated carbocycles. The first-order valence-electron chi connectivity index (χ1n) is 6.38. The van der Waals surface area contributed by atoms with E-state index >= 15 is 0 Å². The molecule has 6 nitrogen and oxygen atoms in total. The van der Waals surface area contributed by atoms with Gasteiger partial charge in [-0.05, 0) is 24.3 Å². The summed E-state index contributed by atoms with van der Waals surface area (Å²) in [7, 11) is 3.34. The van der Waals surface area contributed by atoms with Crippen molar-refractivity contribution in [2.75, 3.05) is 32.6 Å². The Morgan fingerprint density at radius 3 is 2.33 bits per heavy atom. The monoisotopic (exact) mass is 315 g/mol. The summed E-state index contributed by atoms with van der Waals surface area (Å²) >= 11 is 0. The summed E-state index contributed by atoms with van der Waals surface area (Å²) in [6.45, 7) is 2.06. The van der Waals surface area contributed by atoms with Gasteiger partial charge in [-0.25, -0.2) is 0 Å². The third-order valence-electron chi connectivity index (χ3n) is 2.78. The van der Waals surface area contributed by atoms with E-state index in [1.54, 1.807) is 45.3 Å². The summed E-state index contributed by atoms with van der Waals surface area (Å²) in [5.41, 5.74) is 6.09. The van der Waals surface area contributed by atoms with Crippen LogP contribution in [-0.2, 0) is 9.59 Å². The van der Waals surface area contributed by atoms with E-state index in [1.807, 2.05) is 0 Å². The normalized spacial score (nSPS) is 11.0. The van der Waals surface area contributed by atoms with Crippen molar-refractivity contribution in [3.05, 3.63) is 24.3 Å². The van der Waals surface area contributed by atoms with Crippen LogP contribution >= 0.6 is 12.4 Å². The van der Waals surface area contributed by atoms with Gasteiger partial charge < -0.3 is 20.7 Å². The number of nitrogens with one attached hydrogen (secondary N) is 1. The summed E-state index contributed by atoms with van der Waals surface area (Å²) < 4.78 is 5.33. The lowest BCUT2D eigenvalue weighted by atomic mass is 10.1. The second kappa shape index (κ2) is 9.20. The van der Waals surface area contributed by atoms with Crippen LogP contribution in [0.15, 0.2) is 24.3 Å². The number of carbonyl (C=O) groups is 2. The number of ether oxygens (including phenoxy) is 1. The number of nitrogens with two attached hydrogens (primary N) is 1. The van der Waals surface area contributed by atoms with Gasteiger partial charge in [-0.3, -0.25) is 9.59 Å². The second-order valence-electron chi connectivity index (χ2n) is 4.73. The lowest BCUT2D eigenvalue weighted by molar-refractivity contribution is -0.130. The molecule has 0 saturated heterocycles. The largest absolute Gasteiger partial charge is 0.484 e. The van der Waals surface area contributed by atoms with Crippen molar-refractivity contribution in [2.45, 2.75) is 6.92 Å². The number of benzene rings is 1. The molecular weight excluding hydrogens is 294 g/mol.